The monoisotopic (exact) mass is 448 g/mol. The molecule has 6 nitrogen and oxygen atoms in total. The Hall–Kier alpha value is -2.11. The number of hydrogen-bond donors (Lipinski definition) is 0. The molecule has 0 spiro atoms. The number of benzene rings is 1. The first-order chi connectivity index (χ1) is 15.4. The number of nitro groups is 1. The molecule has 0 saturated carbocycles. The second-order valence-electron chi connectivity index (χ2n) is 9.25. The minimum absolute atomic E-state index is 0.0135. The van der Waals surface area contributed by atoms with Crippen LogP contribution in [0.25, 0.3) is 0 Å². The largest absolute Gasteiger partial charge is 0.444 e. The predicted octanol–water partition coefficient (Wildman–Crippen LogP) is 7.75. The third-order valence-corrected chi connectivity index (χ3v) is 5.96. The lowest BCUT2D eigenvalue weighted by Crippen LogP contribution is -2.38. The zero-order chi connectivity index (χ0) is 23.8. The fraction of sp³-hybridized carbons (Fsp3) is 0.731. The van der Waals surface area contributed by atoms with Gasteiger partial charge in [-0.1, -0.05) is 91.2 Å². The molecule has 182 valence electrons. The van der Waals surface area contributed by atoms with Gasteiger partial charge in [-0.05, 0) is 30.7 Å². The van der Waals surface area contributed by atoms with E-state index in [4.69, 9.17) is 4.74 Å². The van der Waals surface area contributed by atoms with Crippen LogP contribution in [0.3, 0.4) is 0 Å². The number of nitro benzene ring substituents is 1. The molecule has 0 N–H and O–H groups in total. The van der Waals surface area contributed by atoms with Gasteiger partial charge < -0.3 is 9.64 Å². The van der Waals surface area contributed by atoms with Crippen LogP contribution in [0.4, 0.5) is 10.5 Å². The third-order valence-electron chi connectivity index (χ3n) is 5.96. The van der Waals surface area contributed by atoms with Crippen molar-refractivity contribution in [2.75, 3.05) is 13.1 Å². The highest BCUT2D eigenvalue weighted by atomic mass is 16.6. The maximum Gasteiger partial charge on any atom is 0.410 e. The molecule has 0 aliphatic rings. The maximum atomic E-state index is 13.0. The quantitative estimate of drug-likeness (QED) is 0.139. The number of nitrogens with zero attached hydrogens (tertiary/aromatic N) is 2. The fourth-order valence-electron chi connectivity index (χ4n) is 4.04. The number of carbonyl (C=O) groups is 1. The minimum atomic E-state index is -0.433. The molecule has 1 aromatic rings. The molecule has 0 aromatic heterocycles. The number of ether oxygens (including phenoxy) is 1. The van der Waals surface area contributed by atoms with Gasteiger partial charge in [-0.25, -0.2) is 4.79 Å². The van der Waals surface area contributed by atoms with Gasteiger partial charge >= 0.3 is 6.09 Å². The van der Waals surface area contributed by atoms with Crippen LogP contribution in [0.1, 0.15) is 97.5 Å². The van der Waals surface area contributed by atoms with Crippen molar-refractivity contribution < 1.29 is 14.5 Å². The lowest BCUT2D eigenvalue weighted by Gasteiger charge is -2.28. The van der Waals surface area contributed by atoms with Gasteiger partial charge in [-0.3, -0.25) is 10.1 Å². The summed E-state index contributed by atoms with van der Waals surface area (Å²) in [5, 5.41) is 11.2. The molecule has 1 aromatic carbocycles. The van der Waals surface area contributed by atoms with Crippen LogP contribution in [0.2, 0.25) is 0 Å². The van der Waals surface area contributed by atoms with Gasteiger partial charge in [0, 0.05) is 19.2 Å². The van der Waals surface area contributed by atoms with Crippen LogP contribution in [-0.4, -0.2) is 29.0 Å². The van der Waals surface area contributed by atoms with Crippen molar-refractivity contribution in [2.24, 2.45) is 11.8 Å². The van der Waals surface area contributed by atoms with Crippen LogP contribution in [0.15, 0.2) is 24.3 Å². The van der Waals surface area contributed by atoms with Crippen molar-refractivity contribution >= 4 is 11.8 Å². The number of amides is 1. The summed E-state index contributed by atoms with van der Waals surface area (Å²) in [7, 11) is 0. The smallest absolute Gasteiger partial charge is 0.410 e. The van der Waals surface area contributed by atoms with Gasteiger partial charge in [0.25, 0.3) is 5.69 Å². The molecule has 0 aliphatic carbocycles. The minimum Gasteiger partial charge on any atom is -0.444 e. The van der Waals surface area contributed by atoms with E-state index in [1.165, 1.54) is 57.4 Å². The predicted molar refractivity (Wildman–Crippen MR) is 131 cm³/mol. The number of para-hydroxylation sites is 1. The van der Waals surface area contributed by atoms with E-state index in [0.29, 0.717) is 30.5 Å². The zero-order valence-corrected chi connectivity index (χ0v) is 20.7. The Bertz CT molecular complexity index is 645. The Labute approximate surface area is 194 Å². The molecule has 6 heteroatoms. The van der Waals surface area contributed by atoms with E-state index < -0.39 is 4.92 Å². The lowest BCUT2D eigenvalue weighted by molar-refractivity contribution is -0.385. The Kier molecular flexibility index (Phi) is 14.4. The summed E-state index contributed by atoms with van der Waals surface area (Å²) in [4.78, 5) is 25.6. The van der Waals surface area contributed by atoms with Gasteiger partial charge in [0.1, 0.15) is 6.61 Å². The Morgan fingerprint density at radius 3 is 1.97 bits per heavy atom. The summed E-state index contributed by atoms with van der Waals surface area (Å²) < 4.78 is 5.55. The Balaban J connectivity index is 2.70. The van der Waals surface area contributed by atoms with Gasteiger partial charge in [0.2, 0.25) is 0 Å². The lowest BCUT2D eigenvalue weighted by atomic mass is 9.99. The normalized spacial score (nSPS) is 12.9. The number of rotatable bonds is 17. The van der Waals surface area contributed by atoms with Crippen molar-refractivity contribution in [3.05, 3.63) is 39.9 Å². The van der Waals surface area contributed by atoms with Crippen molar-refractivity contribution in [2.45, 2.75) is 98.5 Å². The number of hydrogen-bond acceptors (Lipinski definition) is 4. The van der Waals surface area contributed by atoms with Crippen LogP contribution in [-0.2, 0) is 11.3 Å². The van der Waals surface area contributed by atoms with Crippen molar-refractivity contribution in [1.82, 2.24) is 4.90 Å². The number of unbranched alkanes of at least 4 members (excludes halogenated alkanes) is 6. The van der Waals surface area contributed by atoms with E-state index in [9.17, 15) is 14.9 Å². The molecule has 0 fully saturated rings. The van der Waals surface area contributed by atoms with Crippen molar-refractivity contribution in [3.8, 4) is 0 Å². The van der Waals surface area contributed by atoms with E-state index in [1.807, 2.05) is 4.90 Å². The summed E-state index contributed by atoms with van der Waals surface area (Å²) in [6.45, 7) is 10.1. The first-order valence-electron chi connectivity index (χ1n) is 12.5. The van der Waals surface area contributed by atoms with Crippen molar-refractivity contribution in [1.29, 1.82) is 0 Å². The van der Waals surface area contributed by atoms with Gasteiger partial charge in [-0.2, -0.15) is 0 Å². The molecule has 0 radical (unpaired) electrons. The maximum absolute atomic E-state index is 13.0. The molecule has 2 atom stereocenters. The highest BCUT2D eigenvalue weighted by Gasteiger charge is 2.22. The average molecular weight is 449 g/mol. The molecule has 1 amide bonds. The van der Waals surface area contributed by atoms with Gasteiger partial charge in [0.05, 0.1) is 10.5 Å². The van der Waals surface area contributed by atoms with E-state index in [1.54, 1.807) is 18.2 Å². The summed E-state index contributed by atoms with van der Waals surface area (Å²) >= 11 is 0. The Morgan fingerprint density at radius 1 is 0.938 bits per heavy atom. The zero-order valence-electron chi connectivity index (χ0n) is 20.7. The van der Waals surface area contributed by atoms with Gasteiger partial charge in [0.15, 0.2) is 0 Å². The van der Waals surface area contributed by atoms with E-state index in [0.717, 1.165) is 12.8 Å². The number of carbonyl (C=O) groups excluding carboxylic acids is 1. The summed E-state index contributed by atoms with van der Waals surface area (Å²) in [5.74, 6) is 0.801. The fourth-order valence-corrected chi connectivity index (χ4v) is 4.04. The van der Waals surface area contributed by atoms with Crippen LogP contribution in [0, 0.1) is 22.0 Å². The third kappa shape index (κ3) is 11.5. The molecule has 1 rings (SSSR count). The average Bonchev–Trinajstić information content (AvgIpc) is 2.77. The van der Waals surface area contributed by atoms with Crippen LogP contribution >= 0.6 is 0 Å². The van der Waals surface area contributed by atoms with Crippen LogP contribution < -0.4 is 0 Å². The topological polar surface area (TPSA) is 72.7 Å². The second-order valence-corrected chi connectivity index (χ2v) is 9.25. The summed E-state index contributed by atoms with van der Waals surface area (Å²) in [6, 6.07) is 6.43. The molecule has 0 bridgehead atoms. The summed E-state index contributed by atoms with van der Waals surface area (Å²) in [6.07, 6.45) is 11.6. The molecule has 0 saturated heterocycles. The molecule has 0 heterocycles. The van der Waals surface area contributed by atoms with Crippen LogP contribution in [0.5, 0.6) is 0 Å². The molecule has 0 aliphatic heterocycles. The molecule has 2 unspecified atom stereocenters. The molecular formula is C26H44N2O4. The van der Waals surface area contributed by atoms with Crippen molar-refractivity contribution in [3.63, 3.8) is 0 Å². The van der Waals surface area contributed by atoms with E-state index in [-0.39, 0.29) is 18.4 Å². The summed E-state index contributed by atoms with van der Waals surface area (Å²) in [5.41, 5.74) is 0.409. The second kappa shape index (κ2) is 16.5. The highest BCUT2D eigenvalue weighted by Crippen LogP contribution is 2.20. The highest BCUT2D eigenvalue weighted by molar-refractivity contribution is 5.67. The standard InChI is InChI=1S/C26H44N2O4/c1-5-7-9-11-15-22(3)19-27(20-23(4)16-12-10-8-6-2)26(29)32-21-24-17-13-14-18-25(24)28(30)31/h13-14,17-18,22-23H,5-12,15-16,19-21H2,1-4H3. The van der Waals surface area contributed by atoms with E-state index >= 15 is 0 Å². The Morgan fingerprint density at radius 2 is 1.47 bits per heavy atom. The first kappa shape index (κ1) is 27.9. The van der Waals surface area contributed by atoms with E-state index in [2.05, 4.69) is 27.7 Å². The van der Waals surface area contributed by atoms with Gasteiger partial charge in [-0.15, -0.1) is 0 Å². The SMILES string of the molecule is CCCCCCC(C)CN(CC(C)CCCCCC)C(=O)OCc1ccccc1[N+](=O)[O-]. The molecular weight excluding hydrogens is 404 g/mol. The molecule has 32 heavy (non-hydrogen) atoms. The first-order valence-corrected chi connectivity index (χ1v) is 12.5.